The summed E-state index contributed by atoms with van der Waals surface area (Å²) in [5, 5.41) is 8.54. The van der Waals surface area contributed by atoms with Gasteiger partial charge in [-0.15, -0.1) is 0 Å². The third kappa shape index (κ3) is 2.33. The number of alkyl halides is 2. The summed E-state index contributed by atoms with van der Waals surface area (Å²) in [5.41, 5.74) is -0.473. The van der Waals surface area contributed by atoms with Gasteiger partial charge in [0.1, 0.15) is 0 Å². The first-order chi connectivity index (χ1) is 6.02. The van der Waals surface area contributed by atoms with Crippen LogP contribution in [0, 0.1) is 3.57 Å². The van der Waals surface area contributed by atoms with E-state index in [1.165, 1.54) is 0 Å². The van der Waals surface area contributed by atoms with Gasteiger partial charge in [-0.2, -0.15) is 0 Å². The third-order valence-electron chi connectivity index (χ3n) is 1.32. The highest BCUT2D eigenvalue weighted by Crippen LogP contribution is 2.21. The van der Waals surface area contributed by atoms with E-state index in [0.717, 1.165) is 12.3 Å². The van der Waals surface area contributed by atoms with Crippen LogP contribution in [0.2, 0.25) is 0 Å². The van der Waals surface area contributed by atoms with Gasteiger partial charge in [-0.3, -0.25) is 0 Å². The van der Waals surface area contributed by atoms with Crippen molar-refractivity contribution in [1.82, 2.24) is 4.98 Å². The molecule has 1 N–H and O–H groups in total. The van der Waals surface area contributed by atoms with Crippen molar-refractivity contribution in [3.63, 3.8) is 0 Å². The lowest BCUT2D eigenvalue weighted by Crippen LogP contribution is -2.04. The predicted octanol–water partition coefficient (Wildman–Crippen LogP) is 2.32. The molecule has 13 heavy (non-hydrogen) atoms. The van der Waals surface area contributed by atoms with Gasteiger partial charge in [-0.05, 0) is 28.7 Å². The summed E-state index contributed by atoms with van der Waals surface area (Å²) in [4.78, 5) is 13.9. The number of nitrogens with zero attached hydrogens (tertiary/aromatic N) is 1. The van der Waals surface area contributed by atoms with E-state index in [1.54, 1.807) is 22.6 Å². The van der Waals surface area contributed by atoms with Crippen LogP contribution in [0.25, 0.3) is 0 Å². The lowest BCUT2D eigenvalue weighted by Gasteiger charge is -2.01. The highest BCUT2D eigenvalue weighted by Gasteiger charge is 2.14. The van der Waals surface area contributed by atoms with E-state index in [1.807, 2.05) is 0 Å². The zero-order valence-electron chi connectivity index (χ0n) is 6.17. The van der Waals surface area contributed by atoms with E-state index >= 15 is 0 Å². The van der Waals surface area contributed by atoms with E-state index in [2.05, 4.69) is 4.98 Å². The molecule has 1 rings (SSSR count). The van der Waals surface area contributed by atoms with Gasteiger partial charge in [-0.1, -0.05) is 0 Å². The van der Waals surface area contributed by atoms with Crippen LogP contribution in [0.3, 0.4) is 0 Å². The Morgan fingerprint density at radius 2 is 2.23 bits per heavy atom. The number of hydrogen-bond donors (Lipinski definition) is 1. The minimum absolute atomic E-state index is 0.204. The fourth-order valence-corrected chi connectivity index (χ4v) is 1.46. The zero-order chi connectivity index (χ0) is 10.0. The number of carboxylic acid groups (broad SMARTS) is 1. The summed E-state index contributed by atoms with van der Waals surface area (Å²) in [6, 6.07) is 1.11. The van der Waals surface area contributed by atoms with Crippen molar-refractivity contribution >= 4 is 28.6 Å². The van der Waals surface area contributed by atoms with Gasteiger partial charge >= 0.3 is 5.97 Å². The van der Waals surface area contributed by atoms with Crippen molar-refractivity contribution in [2.24, 2.45) is 0 Å². The lowest BCUT2D eigenvalue weighted by atomic mass is 10.2. The topological polar surface area (TPSA) is 50.2 Å². The molecule has 1 heterocycles. The van der Waals surface area contributed by atoms with Crippen LogP contribution < -0.4 is 0 Å². The average Bonchev–Trinajstić information content (AvgIpc) is 2.03. The summed E-state index contributed by atoms with van der Waals surface area (Å²) in [6.07, 6.45) is -1.75. The quantitative estimate of drug-likeness (QED) is 0.853. The molecular formula is C7H4F2INO2. The van der Waals surface area contributed by atoms with Crippen molar-refractivity contribution in [3.05, 3.63) is 27.1 Å². The molecule has 0 aliphatic heterocycles. The molecule has 0 radical (unpaired) electrons. The molecule has 0 unspecified atom stereocenters. The van der Waals surface area contributed by atoms with Gasteiger partial charge in [0.05, 0.1) is 0 Å². The Balaban J connectivity index is 3.13. The number of aromatic nitrogens is 1. The van der Waals surface area contributed by atoms with Gasteiger partial charge in [0.15, 0.2) is 5.69 Å². The van der Waals surface area contributed by atoms with Crippen LogP contribution in [0.1, 0.15) is 22.5 Å². The standard InChI is InChI=1S/C7H4F2INO2/c8-6(9)3-1-4(10)5(7(12)13)11-2-3/h1-2,6H,(H,12,13). The van der Waals surface area contributed by atoms with E-state index in [9.17, 15) is 13.6 Å². The van der Waals surface area contributed by atoms with Crippen molar-refractivity contribution < 1.29 is 18.7 Å². The molecule has 0 aliphatic rings. The molecule has 1 aromatic rings. The molecule has 6 heteroatoms. The molecule has 0 fully saturated rings. The Labute approximate surface area is 85.9 Å². The van der Waals surface area contributed by atoms with Crippen molar-refractivity contribution in [1.29, 1.82) is 0 Å². The minimum atomic E-state index is -2.62. The molecule has 1 aromatic heterocycles. The van der Waals surface area contributed by atoms with Crippen LogP contribution in [-0.4, -0.2) is 16.1 Å². The molecule has 0 saturated heterocycles. The van der Waals surface area contributed by atoms with Crippen LogP contribution in [0.4, 0.5) is 8.78 Å². The molecule has 70 valence electrons. The molecule has 3 nitrogen and oxygen atoms in total. The first-order valence-electron chi connectivity index (χ1n) is 3.19. The first kappa shape index (κ1) is 10.3. The number of aromatic carboxylic acids is 1. The van der Waals surface area contributed by atoms with E-state index < -0.39 is 12.4 Å². The Bertz CT molecular complexity index is 343. The Kier molecular flexibility index (Phi) is 3.12. The first-order valence-corrected chi connectivity index (χ1v) is 4.27. The predicted molar refractivity (Wildman–Crippen MR) is 48.9 cm³/mol. The Morgan fingerprint density at radius 1 is 1.62 bits per heavy atom. The molecule has 0 aliphatic carbocycles. The van der Waals surface area contributed by atoms with Crippen LogP contribution in [0.15, 0.2) is 12.3 Å². The number of rotatable bonds is 2. The van der Waals surface area contributed by atoms with Gasteiger partial charge in [0.2, 0.25) is 0 Å². The number of hydrogen-bond acceptors (Lipinski definition) is 2. The highest BCUT2D eigenvalue weighted by atomic mass is 127. The zero-order valence-corrected chi connectivity index (χ0v) is 8.33. The lowest BCUT2D eigenvalue weighted by molar-refractivity contribution is 0.0688. The monoisotopic (exact) mass is 299 g/mol. The maximum atomic E-state index is 12.1. The molecule has 0 amide bonds. The van der Waals surface area contributed by atoms with Crippen molar-refractivity contribution in [3.8, 4) is 0 Å². The SMILES string of the molecule is O=C(O)c1ncc(C(F)F)cc1I. The number of carboxylic acids is 1. The number of pyridine rings is 1. The molecule has 0 saturated carbocycles. The molecule has 0 spiro atoms. The smallest absolute Gasteiger partial charge is 0.355 e. The van der Waals surface area contributed by atoms with Gasteiger partial charge < -0.3 is 5.11 Å². The molecule has 0 bridgehead atoms. The number of halogens is 3. The Hall–Kier alpha value is -0.790. The molecular weight excluding hydrogens is 295 g/mol. The van der Waals surface area contributed by atoms with Gasteiger partial charge in [-0.25, -0.2) is 18.6 Å². The van der Waals surface area contributed by atoms with Crippen molar-refractivity contribution in [2.75, 3.05) is 0 Å². The molecule has 0 atom stereocenters. The van der Waals surface area contributed by atoms with Crippen LogP contribution in [-0.2, 0) is 0 Å². The largest absolute Gasteiger partial charge is 0.476 e. The molecule has 0 aromatic carbocycles. The van der Waals surface area contributed by atoms with Gasteiger partial charge in [0, 0.05) is 15.3 Å². The maximum absolute atomic E-state index is 12.1. The fourth-order valence-electron chi connectivity index (χ4n) is 0.729. The second kappa shape index (κ2) is 3.95. The van der Waals surface area contributed by atoms with Crippen LogP contribution in [0.5, 0.6) is 0 Å². The Morgan fingerprint density at radius 3 is 2.62 bits per heavy atom. The average molecular weight is 299 g/mol. The summed E-state index contributed by atoms with van der Waals surface area (Å²) in [5.74, 6) is -1.22. The minimum Gasteiger partial charge on any atom is -0.476 e. The van der Waals surface area contributed by atoms with Crippen molar-refractivity contribution in [2.45, 2.75) is 6.43 Å². The second-order valence-corrected chi connectivity index (χ2v) is 3.37. The summed E-state index contributed by atoms with van der Waals surface area (Å²) < 4.78 is 24.4. The highest BCUT2D eigenvalue weighted by molar-refractivity contribution is 14.1. The fraction of sp³-hybridized carbons (Fsp3) is 0.143. The maximum Gasteiger partial charge on any atom is 0.355 e. The summed E-state index contributed by atoms with van der Waals surface area (Å²) in [6.45, 7) is 0. The van der Waals surface area contributed by atoms with Crippen LogP contribution >= 0.6 is 22.6 Å². The van der Waals surface area contributed by atoms with E-state index in [0.29, 0.717) is 0 Å². The third-order valence-corrected chi connectivity index (χ3v) is 2.14. The van der Waals surface area contributed by atoms with E-state index in [-0.39, 0.29) is 14.8 Å². The summed E-state index contributed by atoms with van der Waals surface area (Å²) >= 11 is 1.66. The second-order valence-electron chi connectivity index (χ2n) is 2.20. The van der Waals surface area contributed by atoms with Gasteiger partial charge in [0.25, 0.3) is 6.43 Å². The number of carbonyl (C=O) groups is 1. The summed E-state index contributed by atoms with van der Waals surface area (Å²) in [7, 11) is 0. The van der Waals surface area contributed by atoms with E-state index in [4.69, 9.17) is 5.11 Å². The normalized spacial score (nSPS) is 10.5.